The van der Waals surface area contributed by atoms with Gasteiger partial charge in [-0.05, 0) is 29.6 Å². The second-order valence-electron chi connectivity index (χ2n) is 7.59. The molecule has 22 heavy (non-hydrogen) atoms. The highest BCUT2D eigenvalue weighted by Crippen LogP contribution is 2.45. The van der Waals surface area contributed by atoms with Crippen LogP contribution >= 0.6 is 15.9 Å². The molecule has 4 atom stereocenters. The molecule has 0 aromatic heterocycles. The van der Waals surface area contributed by atoms with Crippen LogP contribution in [0.2, 0.25) is 16.6 Å². The minimum atomic E-state index is -1.91. The largest absolute Gasteiger partial charge is 0.391 e. The van der Waals surface area contributed by atoms with E-state index in [9.17, 15) is 0 Å². The van der Waals surface area contributed by atoms with Crippen LogP contribution in [-0.2, 0) is 13.9 Å². The van der Waals surface area contributed by atoms with Crippen LogP contribution in [0.3, 0.4) is 0 Å². The molecule has 1 fully saturated rings. The van der Waals surface area contributed by atoms with Crippen LogP contribution in [0.4, 0.5) is 0 Å². The Hall–Kier alpha value is 0.317. The minimum Gasteiger partial charge on any atom is -0.391 e. The summed E-state index contributed by atoms with van der Waals surface area (Å²) in [7, 11) is -1.91. The van der Waals surface area contributed by atoms with E-state index in [1.54, 1.807) is 0 Å². The molecule has 0 radical (unpaired) electrons. The summed E-state index contributed by atoms with van der Waals surface area (Å²) >= 11 is 3.64. The van der Waals surface area contributed by atoms with Crippen molar-refractivity contribution in [1.82, 2.24) is 0 Å². The fraction of sp³-hybridized carbons (Fsp3) is 0.882. The van der Waals surface area contributed by atoms with Crippen LogP contribution in [0.1, 0.15) is 54.9 Å². The van der Waals surface area contributed by atoms with E-state index < -0.39 is 8.32 Å². The van der Waals surface area contributed by atoms with E-state index in [-0.39, 0.29) is 24.6 Å². The molecule has 0 spiro atoms. The number of fused-ring (bicyclic) bond motifs is 1. The van der Waals surface area contributed by atoms with E-state index >= 15 is 0 Å². The van der Waals surface area contributed by atoms with Gasteiger partial charge in [-0.25, -0.2) is 0 Å². The lowest BCUT2D eigenvalue weighted by atomic mass is 10.1. The molecule has 0 aromatic rings. The van der Waals surface area contributed by atoms with Gasteiger partial charge in [0.1, 0.15) is 6.10 Å². The highest BCUT2D eigenvalue weighted by molar-refractivity contribution is 9.11. The average molecular weight is 391 g/mol. The average Bonchev–Trinajstić information content (AvgIpc) is 2.77. The lowest BCUT2D eigenvalue weighted by Gasteiger charge is -2.43. The van der Waals surface area contributed by atoms with Gasteiger partial charge in [0.05, 0.1) is 12.2 Å². The van der Waals surface area contributed by atoms with Gasteiger partial charge in [-0.15, -0.1) is 0 Å². The second kappa shape index (κ2) is 7.05. The van der Waals surface area contributed by atoms with Crippen LogP contribution in [0.15, 0.2) is 10.6 Å². The minimum absolute atomic E-state index is 0.000568. The number of ether oxygens (including phenoxy) is 2. The summed E-state index contributed by atoms with van der Waals surface area (Å²) in [5.41, 5.74) is 1.70. The molecule has 2 aliphatic heterocycles. The Kier molecular flexibility index (Phi) is 5.98. The van der Waals surface area contributed by atoms with E-state index in [0.717, 1.165) is 10.9 Å². The maximum atomic E-state index is 6.75. The summed E-state index contributed by atoms with van der Waals surface area (Å²) in [5.74, 6) is 0. The summed E-state index contributed by atoms with van der Waals surface area (Å²) < 4.78 is 20.1. The quantitative estimate of drug-likeness (QED) is 0.591. The number of rotatable bonds is 5. The molecule has 1 unspecified atom stereocenters. The Morgan fingerprint density at radius 3 is 2.14 bits per heavy atom. The number of halogens is 1. The SMILES string of the molecule is CC(C)[Si](OC1C[C@@H]2O[C@@H](C)C=C(Br)[C@@H]2O1)(C(C)C)C(C)C. The summed E-state index contributed by atoms with van der Waals surface area (Å²) in [6.45, 7) is 15.9. The first kappa shape index (κ1) is 18.7. The lowest BCUT2D eigenvalue weighted by molar-refractivity contribution is -0.0826. The third kappa shape index (κ3) is 3.39. The first-order valence-electron chi connectivity index (χ1n) is 8.54. The Morgan fingerprint density at radius 1 is 1.09 bits per heavy atom. The molecular formula is C17H31BrO3Si. The van der Waals surface area contributed by atoms with Gasteiger partial charge < -0.3 is 13.9 Å². The van der Waals surface area contributed by atoms with E-state index in [1.807, 2.05) is 0 Å². The Morgan fingerprint density at radius 2 is 1.64 bits per heavy atom. The van der Waals surface area contributed by atoms with Crippen molar-refractivity contribution in [2.45, 2.75) is 96.1 Å². The van der Waals surface area contributed by atoms with E-state index in [0.29, 0.717) is 16.6 Å². The van der Waals surface area contributed by atoms with Gasteiger partial charge in [-0.3, -0.25) is 0 Å². The first-order chi connectivity index (χ1) is 10.2. The molecule has 0 aliphatic carbocycles. The van der Waals surface area contributed by atoms with Crippen LogP contribution < -0.4 is 0 Å². The molecule has 2 rings (SSSR count). The van der Waals surface area contributed by atoms with Crippen molar-refractivity contribution in [3.63, 3.8) is 0 Å². The predicted molar refractivity (Wildman–Crippen MR) is 96.8 cm³/mol. The van der Waals surface area contributed by atoms with Crippen molar-refractivity contribution in [3.05, 3.63) is 10.6 Å². The van der Waals surface area contributed by atoms with Crippen molar-refractivity contribution in [3.8, 4) is 0 Å². The topological polar surface area (TPSA) is 27.7 Å². The standard InChI is InChI=1S/C17H31BrO3Si/c1-10(2)22(11(3)4,12(5)6)21-16-9-15-17(20-16)14(18)8-13(7)19-15/h8,10-13,15-17H,9H2,1-7H3/t13-,15-,16?,17-/m0/s1. The fourth-order valence-corrected chi connectivity index (χ4v) is 10.5. The number of hydrogen-bond acceptors (Lipinski definition) is 3. The van der Waals surface area contributed by atoms with Gasteiger partial charge in [-0.1, -0.05) is 57.5 Å². The lowest BCUT2D eigenvalue weighted by Crippen LogP contribution is -2.50. The van der Waals surface area contributed by atoms with Crippen LogP contribution in [0, 0.1) is 0 Å². The highest BCUT2D eigenvalue weighted by atomic mass is 79.9. The monoisotopic (exact) mass is 390 g/mol. The zero-order valence-corrected chi connectivity index (χ0v) is 17.5. The summed E-state index contributed by atoms with van der Waals surface area (Å²) in [4.78, 5) is 0. The number of hydrogen-bond donors (Lipinski definition) is 0. The molecule has 0 saturated carbocycles. The van der Waals surface area contributed by atoms with Gasteiger partial charge in [0.2, 0.25) is 8.32 Å². The normalized spacial score (nSPS) is 32.8. The van der Waals surface area contributed by atoms with Crippen molar-refractivity contribution in [2.24, 2.45) is 0 Å². The van der Waals surface area contributed by atoms with Gasteiger partial charge in [0.25, 0.3) is 0 Å². The van der Waals surface area contributed by atoms with Crippen molar-refractivity contribution >= 4 is 24.2 Å². The molecule has 5 heteroatoms. The highest BCUT2D eigenvalue weighted by Gasteiger charge is 2.50. The Balaban J connectivity index is 2.15. The maximum Gasteiger partial charge on any atom is 0.203 e. The molecule has 0 N–H and O–H groups in total. The van der Waals surface area contributed by atoms with Gasteiger partial charge in [0.15, 0.2) is 6.29 Å². The second-order valence-corrected chi connectivity index (χ2v) is 13.9. The van der Waals surface area contributed by atoms with E-state index in [4.69, 9.17) is 13.9 Å². The molecule has 2 heterocycles. The molecule has 0 bridgehead atoms. The smallest absolute Gasteiger partial charge is 0.203 e. The van der Waals surface area contributed by atoms with E-state index in [2.05, 4.69) is 70.5 Å². The summed E-state index contributed by atoms with van der Waals surface area (Å²) in [5, 5.41) is 0. The van der Waals surface area contributed by atoms with Crippen molar-refractivity contribution in [1.29, 1.82) is 0 Å². The zero-order chi connectivity index (χ0) is 16.7. The molecule has 0 amide bonds. The van der Waals surface area contributed by atoms with Crippen molar-refractivity contribution < 1.29 is 13.9 Å². The molecule has 128 valence electrons. The molecule has 3 nitrogen and oxygen atoms in total. The predicted octanol–water partition coefficient (Wildman–Crippen LogP) is 5.36. The van der Waals surface area contributed by atoms with Crippen LogP contribution in [0.25, 0.3) is 0 Å². The first-order valence-corrected chi connectivity index (χ1v) is 11.5. The molecule has 2 aliphatic rings. The van der Waals surface area contributed by atoms with E-state index in [1.165, 1.54) is 0 Å². The van der Waals surface area contributed by atoms with Crippen LogP contribution in [-0.4, -0.2) is 32.9 Å². The maximum absolute atomic E-state index is 6.75. The molecular weight excluding hydrogens is 360 g/mol. The fourth-order valence-electron chi connectivity index (χ4n) is 4.34. The van der Waals surface area contributed by atoms with Gasteiger partial charge in [0, 0.05) is 10.9 Å². The summed E-state index contributed by atoms with van der Waals surface area (Å²) in [6, 6.07) is 0. The Bertz CT molecular complexity index is 400. The zero-order valence-electron chi connectivity index (χ0n) is 14.9. The third-order valence-electron chi connectivity index (χ3n) is 5.16. The molecule has 1 saturated heterocycles. The third-order valence-corrected chi connectivity index (χ3v) is 12.0. The van der Waals surface area contributed by atoms with Gasteiger partial charge >= 0.3 is 0 Å². The Labute approximate surface area is 145 Å². The van der Waals surface area contributed by atoms with Crippen LogP contribution in [0.5, 0.6) is 0 Å². The van der Waals surface area contributed by atoms with Crippen molar-refractivity contribution in [2.75, 3.05) is 0 Å². The summed E-state index contributed by atoms with van der Waals surface area (Å²) in [6.07, 6.45) is 3.03. The van der Waals surface area contributed by atoms with Gasteiger partial charge in [-0.2, -0.15) is 0 Å². The molecule has 0 aromatic carbocycles.